The van der Waals surface area contributed by atoms with Crippen molar-refractivity contribution in [3.63, 3.8) is 0 Å². The fourth-order valence-corrected chi connectivity index (χ4v) is 3.68. The van der Waals surface area contributed by atoms with Crippen molar-refractivity contribution in [3.05, 3.63) is 28.8 Å². The van der Waals surface area contributed by atoms with Gasteiger partial charge < -0.3 is 10.6 Å². The summed E-state index contributed by atoms with van der Waals surface area (Å²) in [6, 6.07) is 4.44. The molecule has 1 aromatic carbocycles. The zero-order valence-electron chi connectivity index (χ0n) is 12.8. The van der Waals surface area contributed by atoms with Crippen molar-refractivity contribution in [3.8, 4) is 0 Å². The Labute approximate surface area is 132 Å². The summed E-state index contributed by atoms with van der Waals surface area (Å²) in [6.07, 6.45) is 0. The molecule has 0 aliphatic heterocycles. The highest BCUT2D eigenvalue weighted by atomic mass is 35.5. The molecule has 7 heteroatoms. The van der Waals surface area contributed by atoms with Crippen LogP contribution in [0.3, 0.4) is 0 Å². The third-order valence-electron chi connectivity index (χ3n) is 3.34. The van der Waals surface area contributed by atoms with Crippen LogP contribution in [0.1, 0.15) is 26.3 Å². The Kier molecular flexibility index (Phi) is 7.09. The molecule has 1 atom stereocenters. The normalized spacial score (nSPS) is 13.6. The molecule has 0 aliphatic rings. The number of rotatable bonds is 8. The molecule has 0 spiro atoms. The highest BCUT2D eigenvalue weighted by molar-refractivity contribution is 7.89. The van der Waals surface area contributed by atoms with Gasteiger partial charge in [-0.25, -0.2) is 13.1 Å². The second kappa shape index (κ2) is 8.10. The molecule has 0 bridgehead atoms. The highest BCUT2D eigenvalue weighted by Gasteiger charge is 2.19. The molecule has 0 fully saturated rings. The summed E-state index contributed by atoms with van der Waals surface area (Å²) in [6.45, 7) is 8.68. The van der Waals surface area contributed by atoms with Crippen molar-refractivity contribution in [2.24, 2.45) is 5.73 Å². The zero-order valence-corrected chi connectivity index (χ0v) is 14.3. The first-order valence-corrected chi connectivity index (χ1v) is 8.93. The molecular formula is C14H24ClN3O2S. The van der Waals surface area contributed by atoms with Gasteiger partial charge >= 0.3 is 0 Å². The maximum absolute atomic E-state index is 12.3. The number of sulfonamides is 1. The number of likely N-dealkylation sites (N-methyl/N-ethyl adjacent to an activating group) is 1. The van der Waals surface area contributed by atoms with E-state index in [0.717, 1.165) is 18.7 Å². The van der Waals surface area contributed by atoms with Gasteiger partial charge in [0, 0.05) is 24.2 Å². The minimum absolute atomic E-state index is 0.163. The van der Waals surface area contributed by atoms with E-state index in [1.165, 1.54) is 12.1 Å². The Morgan fingerprint density at radius 2 is 1.95 bits per heavy atom. The number of benzene rings is 1. The predicted octanol–water partition coefficient (Wildman–Crippen LogP) is 1.81. The summed E-state index contributed by atoms with van der Waals surface area (Å²) in [4.78, 5) is 2.33. The number of nitrogens with two attached hydrogens (primary N) is 1. The van der Waals surface area contributed by atoms with Crippen molar-refractivity contribution in [2.75, 3.05) is 19.6 Å². The molecule has 5 nitrogen and oxygen atoms in total. The molecule has 0 saturated heterocycles. The van der Waals surface area contributed by atoms with E-state index in [1.807, 2.05) is 6.92 Å². The van der Waals surface area contributed by atoms with Crippen molar-refractivity contribution < 1.29 is 8.42 Å². The molecule has 0 aromatic heterocycles. The third-order valence-corrected chi connectivity index (χ3v) is 5.28. The number of hydrogen-bond acceptors (Lipinski definition) is 4. The van der Waals surface area contributed by atoms with Gasteiger partial charge in [0.15, 0.2) is 0 Å². The second-order valence-corrected chi connectivity index (χ2v) is 7.09. The van der Waals surface area contributed by atoms with Gasteiger partial charge in [0.1, 0.15) is 0 Å². The van der Waals surface area contributed by atoms with Gasteiger partial charge in [-0.05, 0) is 37.7 Å². The molecule has 1 rings (SSSR count). The van der Waals surface area contributed by atoms with E-state index >= 15 is 0 Å². The van der Waals surface area contributed by atoms with Crippen molar-refractivity contribution in [2.45, 2.75) is 38.3 Å². The van der Waals surface area contributed by atoms with Crippen LogP contribution >= 0.6 is 11.6 Å². The van der Waals surface area contributed by atoms with E-state index in [-0.39, 0.29) is 17.5 Å². The molecule has 1 aromatic rings. The lowest BCUT2D eigenvalue weighted by molar-refractivity contribution is 0.282. The van der Waals surface area contributed by atoms with Crippen LogP contribution in [0, 0.1) is 0 Å². The van der Waals surface area contributed by atoms with Crippen LogP contribution in [-0.4, -0.2) is 39.0 Å². The van der Waals surface area contributed by atoms with Gasteiger partial charge in [-0.15, -0.1) is 0 Å². The van der Waals surface area contributed by atoms with Crippen LogP contribution in [0.15, 0.2) is 23.1 Å². The predicted molar refractivity (Wildman–Crippen MR) is 86.9 cm³/mol. The standard InChI is InChI=1S/C14H24ClN3O2S/c1-4-18(5-2)10-11(3)17-21(19,20)13-7-6-12(9-16)14(15)8-13/h6-8,11,17H,4-5,9-10,16H2,1-3H3. The SMILES string of the molecule is CCN(CC)CC(C)NS(=O)(=O)c1ccc(CN)c(Cl)c1. The zero-order chi connectivity index (χ0) is 16.0. The molecule has 0 radical (unpaired) electrons. The number of nitrogens with zero attached hydrogens (tertiary/aromatic N) is 1. The minimum atomic E-state index is -3.57. The van der Waals surface area contributed by atoms with E-state index in [1.54, 1.807) is 6.07 Å². The molecule has 120 valence electrons. The molecule has 0 heterocycles. The summed E-state index contributed by atoms with van der Waals surface area (Å²) in [5.74, 6) is 0. The lowest BCUT2D eigenvalue weighted by Gasteiger charge is -2.23. The molecule has 3 N–H and O–H groups in total. The van der Waals surface area contributed by atoms with Gasteiger partial charge in [0.05, 0.1) is 4.90 Å². The molecule has 0 saturated carbocycles. The van der Waals surface area contributed by atoms with Gasteiger partial charge in [0.2, 0.25) is 10.0 Å². The first-order chi connectivity index (χ1) is 9.83. The van der Waals surface area contributed by atoms with Crippen LogP contribution < -0.4 is 10.5 Å². The molecule has 0 aliphatic carbocycles. The lowest BCUT2D eigenvalue weighted by Crippen LogP contribution is -2.41. The van der Waals surface area contributed by atoms with E-state index in [4.69, 9.17) is 17.3 Å². The Balaban J connectivity index is 2.84. The maximum atomic E-state index is 12.3. The van der Waals surface area contributed by atoms with Crippen LogP contribution in [0.2, 0.25) is 5.02 Å². The quantitative estimate of drug-likeness (QED) is 0.760. The van der Waals surface area contributed by atoms with Crippen molar-refractivity contribution >= 4 is 21.6 Å². The molecule has 0 amide bonds. The summed E-state index contributed by atoms with van der Waals surface area (Å²) < 4.78 is 27.3. The van der Waals surface area contributed by atoms with Crippen LogP contribution in [-0.2, 0) is 16.6 Å². The van der Waals surface area contributed by atoms with Crippen LogP contribution in [0.4, 0.5) is 0 Å². The summed E-state index contributed by atoms with van der Waals surface area (Å²) in [5, 5.41) is 0.372. The second-order valence-electron chi connectivity index (χ2n) is 4.97. The van der Waals surface area contributed by atoms with E-state index < -0.39 is 10.0 Å². The highest BCUT2D eigenvalue weighted by Crippen LogP contribution is 2.20. The monoisotopic (exact) mass is 333 g/mol. The van der Waals surface area contributed by atoms with Gasteiger partial charge in [-0.3, -0.25) is 0 Å². The fourth-order valence-electron chi connectivity index (χ4n) is 2.10. The third kappa shape index (κ3) is 5.23. The first kappa shape index (κ1) is 18.4. The van der Waals surface area contributed by atoms with Gasteiger partial charge in [-0.2, -0.15) is 0 Å². The van der Waals surface area contributed by atoms with E-state index in [0.29, 0.717) is 11.6 Å². The summed E-state index contributed by atoms with van der Waals surface area (Å²) in [5.41, 5.74) is 6.25. The van der Waals surface area contributed by atoms with Gasteiger partial charge in [-0.1, -0.05) is 31.5 Å². The number of nitrogens with one attached hydrogen (secondary N) is 1. The molecule has 21 heavy (non-hydrogen) atoms. The largest absolute Gasteiger partial charge is 0.326 e. The number of halogens is 1. The van der Waals surface area contributed by atoms with Crippen molar-refractivity contribution in [1.82, 2.24) is 9.62 Å². The topological polar surface area (TPSA) is 75.4 Å². The van der Waals surface area contributed by atoms with E-state index in [2.05, 4.69) is 23.5 Å². The summed E-state index contributed by atoms with van der Waals surface area (Å²) in [7, 11) is -3.57. The van der Waals surface area contributed by atoms with E-state index in [9.17, 15) is 8.42 Å². The average molecular weight is 334 g/mol. The molecule has 1 unspecified atom stereocenters. The van der Waals surface area contributed by atoms with Crippen molar-refractivity contribution in [1.29, 1.82) is 0 Å². The molecular weight excluding hydrogens is 310 g/mol. The van der Waals surface area contributed by atoms with Crippen LogP contribution in [0.5, 0.6) is 0 Å². The maximum Gasteiger partial charge on any atom is 0.240 e. The minimum Gasteiger partial charge on any atom is -0.326 e. The number of hydrogen-bond donors (Lipinski definition) is 2. The Bertz CT molecular complexity index is 559. The fraction of sp³-hybridized carbons (Fsp3) is 0.571. The average Bonchev–Trinajstić information content (AvgIpc) is 2.44. The summed E-state index contributed by atoms with van der Waals surface area (Å²) >= 11 is 6.02. The van der Waals surface area contributed by atoms with Gasteiger partial charge in [0.25, 0.3) is 0 Å². The Hall–Kier alpha value is -0.660. The first-order valence-electron chi connectivity index (χ1n) is 7.07. The Morgan fingerprint density at radius 1 is 1.33 bits per heavy atom. The smallest absolute Gasteiger partial charge is 0.240 e. The lowest BCUT2D eigenvalue weighted by atomic mass is 10.2. The van der Waals surface area contributed by atoms with Crippen LogP contribution in [0.25, 0.3) is 0 Å². The Morgan fingerprint density at radius 3 is 2.43 bits per heavy atom.